The number of rotatable bonds is 4. The molecule has 0 spiro atoms. The summed E-state index contributed by atoms with van der Waals surface area (Å²) in [5.41, 5.74) is 4.22. The van der Waals surface area contributed by atoms with Crippen LogP contribution in [-0.2, 0) is 0 Å². The predicted octanol–water partition coefficient (Wildman–Crippen LogP) is 2.37. The molecule has 100 valence electrons. The van der Waals surface area contributed by atoms with E-state index in [0.29, 0.717) is 12.5 Å². The first kappa shape index (κ1) is 13.2. The second kappa shape index (κ2) is 5.62. The highest BCUT2D eigenvalue weighted by molar-refractivity contribution is 5.63. The molecule has 0 aliphatic rings. The molecule has 5 nitrogen and oxygen atoms in total. The molecule has 0 unspecified atom stereocenters. The molecule has 0 radical (unpaired) electrons. The maximum absolute atomic E-state index is 13.0. The van der Waals surface area contributed by atoms with Gasteiger partial charge in [-0.3, -0.25) is 5.43 Å². The van der Waals surface area contributed by atoms with Crippen molar-refractivity contribution in [3.63, 3.8) is 0 Å². The summed E-state index contributed by atoms with van der Waals surface area (Å²) in [6, 6.07) is 6.29. The maximum atomic E-state index is 13.0. The van der Waals surface area contributed by atoms with Gasteiger partial charge in [0, 0.05) is 24.0 Å². The molecule has 0 saturated carbocycles. The van der Waals surface area contributed by atoms with E-state index in [2.05, 4.69) is 15.4 Å². The van der Waals surface area contributed by atoms with Crippen LogP contribution in [-0.4, -0.2) is 16.5 Å². The van der Waals surface area contributed by atoms with E-state index in [9.17, 15) is 4.39 Å². The highest BCUT2D eigenvalue weighted by Crippen LogP contribution is 2.26. The molecule has 1 aromatic heterocycles. The fourth-order valence-corrected chi connectivity index (χ4v) is 1.85. The van der Waals surface area contributed by atoms with E-state index in [1.54, 1.807) is 18.3 Å². The van der Waals surface area contributed by atoms with Gasteiger partial charge in [-0.05, 0) is 38.1 Å². The van der Waals surface area contributed by atoms with Crippen molar-refractivity contribution in [3.05, 3.63) is 41.8 Å². The molecule has 1 aromatic carbocycles. The molecule has 2 aromatic rings. The van der Waals surface area contributed by atoms with Crippen LogP contribution in [0.3, 0.4) is 0 Å². The zero-order valence-electron chi connectivity index (χ0n) is 10.9. The zero-order chi connectivity index (χ0) is 13.8. The van der Waals surface area contributed by atoms with E-state index in [1.165, 1.54) is 12.1 Å². The van der Waals surface area contributed by atoms with Gasteiger partial charge in [0.2, 0.25) is 5.95 Å². The normalized spacial score (nSPS) is 10.3. The minimum Gasteiger partial charge on any atom is -0.326 e. The summed E-state index contributed by atoms with van der Waals surface area (Å²) in [7, 11) is 0. The fraction of sp³-hybridized carbons (Fsp3) is 0.231. The number of aryl methyl sites for hydroxylation is 1. The van der Waals surface area contributed by atoms with Gasteiger partial charge in [-0.1, -0.05) is 0 Å². The SMILES string of the molecule is CCN(c1ccc(F)cc1)c1nc(NN)ncc1C. The Bertz CT molecular complexity index is 555. The first-order valence-corrected chi connectivity index (χ1v) is 5.99. The second-order valence-corrected chi connectivity index (χ2v) is 4.07. The zero-order valence-corrected chi connectivity index (χ0v) is 10.9. The van der Waals surface area contributed by atoms with Gasteiger partial charge in [0.05, 0.1) is 0 Å². The van der Waals surface area contributed by atoms with E-state index in [0.717, 1.165) is 17.1 Å². The number of nitrogen functional groups attached to an aromatic ring is 1. The number of nitrogens with one attached hydrogen (secondary N) is 1. The average Bonchev–Trinajstić information content (AvgIpc) is 2.43. The Morgan fingerprint density at radius 2 is 2.00 bits per heavy atom. The number of nitrogens with two attached hydrogens (primary N) is 1. The number of aromatic nitrogens is 2. The van der Waals surface area contributed by atoms with Crippen molar-refractivity contribution in [2.24, 2.45) is 5.84 Å². The number of nitrogens with zero attached hydrogens (tertiary/aromatic N) is 3. The Morgan fingerprint density at radius 3 is 2.58 bits per heavy atom. The van der Waals surface area contributed by atoms with Gasteiger partial charge >= 0.3 is 0 Å². The molecule has 1 heterocycles. The third kappa shape index (κ3) is 2.79. The van der Waals surface area contributed by atoms with Crippen LogP contribution in [0.15, 0.2) is 30.5 Å². The molecule has 0 amide bonds. The van der Waals surface area contributed by atoms with Gasteiger partial charge in [0.15, 0.2) is 0 Å². The summed E-state index contributed by atoms with van der Waals surface area (Å²) in [5.74, 6) is 6.16. The monoisotopic (exact) mass is 261 g/mol. The summed E-state index contributed by atoms with van der Waals surface area (Å²) < 4.78 is 13.0. The first-order valence-electron chi connectivity index (χ1n) is 5.99. The van der Waals surface area contributed by atoms with Gasteiger partial charge < -0.3 is 4.90 Å². The summed E-state index contributed by atoms with van der Waals surface area (Å²) in [6.45, 7) is 4.62. The van der Waals surface area contributed by atoms with Gasteiger partial charge in [0.1, 0.15) is 11.6 Å². The van der Waals surface area contributed by atoms with Gasteiger partial charge in [-0.25, -0.2) is 15.2 Å². The van der Waals surface area contributed by atoms with Crippen molar-refractivity contribution < 1.29 is 4.39 Å². The van der Waals surface area contributed by atoms with Crippen LogP contribution >= 0.6 is 0 Å². The maximum Gasteiger partial charge on any atom is 0.239 e. The van der Waals surface area contributed by atoms with E-state index in [1.807, 2.05) is 18.7 Å². The third-order valence-corrected chi connectivity index (χ3v) is 2.78. The molecule has 3 N–H and O–H groups in total. The minimum absolute atomic E-state index is 0.261. The lowest BCUT2D eigenvalue weighted by molar-refractivity contribution is 0.627. The Kier molecular flexibility index (Phi) is 3.91. The van der Waals surface area contributed by atoms with Crippen molar-refractivity contribution in [2.45, 2.75) is 13.8 Å². The molecule has 19 heavy (non-hydrogen) atoms. The number of benzene rings is 1. The largest absolute Gasteiger partial charge is 0.326 e. The molecule has 0 aliphatic heterocycles. The minimum atomic E-state index is -0.261. The van der Waals surface area contributed by atoms with E-state index < -0.39 is 0 Å². The number of hydrogen-bond acceptors (Lipinski definition) is 5. The molecule has 0 bridgehead atoms. The van der Waals surface area contributed by atoms with Gasteiger partial charge in [-0.2, -0.15) is 4.98 Å². The third-order valence-electron chi connectivity index (χ3n) is 2.78. The van der Waals surface area contributed by atoms with Crippen molar-refractivity contribution >= 4 is 17.5 Å². The highest BCUT2D eigenvalue weighted by atomic mass is 19.1. The van der Waals surface area contributed by atoms with Gasteiger partial charge in [0.25, 0.3) is 0 Å². The van der Waals surface area contributed by atoms with E-state index in [-0.39, 0.29) is 5.82 Å². The van der Waals surface area contributed by atoms with Crippen LogP contribution in [0.5, 0.6) is 0 Å². The molecule has 0 atom stereocenters. The van der Waals surface area contributed by atoms with Crippen molar-refractivity contribution in [1.82, 2.24) is 9.97 Å². The van der Waals surface area contributed by atoms with Crippen LogP contribution in [0.25, 0.3) is 0 Å². The Labute approximate surface area is 111 Å². The number of hydrazine groups is 1. The lowest BCUT2D eigenvalue weighted by atomic mass is 10.2. The molecular weight excluding hydrogens is 245 g/mol. The molecule has 0 aliphatic carbocycles. The summed E-state index contributed by atoms with van der Waals surface area (Å²) in [5, 5.41) is 0. The van der Waals surface area contributed by atoms with Crippen LogP contribution in [0.4, 0.5) is 21.8 Å². The van der Waals surface area contributed by atoms with E-state index >= 15 is 0 Å². The lowest BCUT2D eigenvalue weighted by Gasteiger charge is -2.23. The van der Waals surface area contributed by atoms with Crippen LogP contribution < -0.4 is 16.2 Å². The quantitative estimate of drug-likeness (QED) is 0.653. The van der Waals surface area contributed by atoms with Crippen LogP contribution in [0.1, 0.15) is 12.5 Å². The second-order valence-electron chi connectivity index (χ2n) is 4.07. The summed E-state index contributed by atoms with van der Waals surface area (Å²) in [6.07, 6.45) is 1.70. The molecule has 2 rings (SSSR count). The smallest absolute Gasteiger partial charge is 0.239 e. The van der Waals surface area contributed by atoms with Crippen molar-refractivity contribution in [1.29, 1.82) is 0 Å². The summed E-state index contributed by atoms with van der Waals surface area (Å²) in [4.78, 5) is 10.4. The van der Waals surface area contributed by atoms with Crippen LogP contribution in [0.2, 0.25) is 0 Å². The average molecular weight is 261 g/mol. The van der Waals surface area contributed by atoms with E-state index in [4.69, 9.17) is 5.84 Å². The first-order chi connectivity index (χ1) is 9.15. The Balaban J connectivity index is 2.44. The number of anilines is 3. The lowest BCUT2D eigenvalue weighted by Crippen LogP contribution is -2.20. The standard InChI is InChI=1S/C13H16FN5/c1-3-19(11-6-4-10(14)5-7-11)12-9(2)8-16-13(17-12)18-15/h4-8H,3,15H2,1-2H3,(H,16,17,18). The predicted molar refractivity (Wildman–Crippen MR) is 73.7 cm³/mol. The van der Waals surface area contributed by atoms with Crippen molar-refractivity contribution in [3.8, 4) is 0 Å². The molecule has 6 heteroatoms. The Hall–Kier alpha value is -2.21. The molecule has 0 fully saturated rings. The van der Waals surface area contributed by atoms with Crippen molar-refractivity contribution in [2.75, 3.05) is 16.9 Å². The molecule has 0 saturated heterocycles. The summed E-state index contributed by atoms with van der Waals surface area (Å²) >= 11 is 0. The number of hydrogen-bond donors (Lipinski definition) is 2. The fourth-order valence-electron chi connectivity index (χ4n) is 1.85. The van der Waals surface area contributed by atoms with Crippen LogP contribution in [0, 0.1) is 12.7 Å². The molecular formula is C13H16FN5. The van der Waals surface area contributed by atoms with Gasteiger partial charge in [-0.15, -0.1) is 0 Å². The topological polar surface area (TPSA) is 67.1 Å². The Morgan fingerprint density at radius 1 is 1.32 bits per heavy atom. The highest BCUT2D eigenvalue weighted by Gasteiger charge is 2.13. The number of halogens is 1.